The van der Waals surface area contributed by atoms with Crippen molar-refractivity contribution in [1.82, 2.24) is 10.2 Å². The molecule has 1 aromatic heterocycles. The van der Waals surface area contributed by atoms with Gasteiger partial charge in [0.15, 0.2) is 6.61 Å². The summed E-state index contributed by atoms with van der Waals surface area (Å²) in [7, 11) is 0. The number of carbonyl (C=O) groups is 1. The van der Waals surface area contributed by atoms with Crippen LogP contribution in [0.1, 0.15) is 34.6 Å². The molecule has 0 fully saturated rings. The van der Waals surface area contributed by atoms with Gasteiger partial charge in [0.1, 0.15) is 6.07 Å². The molecule has 0 aliphatic carbocycles. The van der Waals surface area contributed by atoms with Gasteiger partial charge in [0.2, 0.25) is 5.89 Å². The van der Waals surface area contributed by atoms with E-state index in [4.69, 9.17) is 9.15 Å². The van der Waals surface area contributed by atoms with Crippen LogP contribution in [0.25, 0.3) is 0 Å². The lowest BCUT2D eigenvalue weighted by Crippen LogP contribution is -2.07. The van der Waals surface area contributed by atoms with Gasteiger partial charge in [0.05, 0.1) is 11.1 Å². The fraction of sp³-hybridized carbons (Fsp3) is 0.158. The van der Waals surface area contributed by atoms with Gasteiger partial charge in [-0.3, -0.25) is 0 Å². The van der Waals surface area contributed by atoms with Gasteiger partial charge in [0, 0.05) is 16.2 Å². The predicted molar refractivity (Wildman–Crippen MR) is 94.5 cm³/mol. The second kappa shape index (κ2) is 8.32. The molecule has 1 heterocycles. The van der Waals surface area contributed by atoms with Gasteiger partial charge < -0.3 is 9.15 Å². The molecule has 130 valence electrons. The third-order valence-electron chi connectivity index (χ3n) is 3.47. The molecule has 26 heavy (non-hydrogen) atoms. The second-order valence-corrected chi connectivity index (χ2v) is 6.31. The molecule has 0 atom stereocenters. The van der Waals surface area contributed by atoms with Gasteiger partial charge >= 0.3 is 5.97 Å². The number of benzene rings is 2. The number of esters is 1. The lowest BCUT2D eigenvalue weighted by atomic mass is 10.2. The van der Waals surface area contributed by atoms with Crippen molar-refractivity contribution in [3.05, 3.63) is 71.4 Å². The third-order valence-corrected chi connectivity index (χ3v) is 4.62. The van der Waals surface area contributed by atoms with Gasteiger partial charge in [-0.15, -0.1) is 10.2 Å². The van der Waals surface area contributed by atoms with Crippen LogP contribution in [-0.4, -0.2) is 16.2 Å². The monoisotopic (exact) mass is 365 g/mol. The zero-order chi connectivity index (χ0) is 18.4. The van der Waals surface area contributed by atoms with Crippen LogP contribution >= 0.6 is 11.8 Å². The van der Waals surface area contributed by atoms with E-state index in [1.54, 1.807) is 24.3 Å². The number of nitrogens with zero attached hydrogens (tertiary/aromatic N) is 3. The standard InChI is InChI=1S/C19H15N3O3S/c1-2-17-21-22-18(25-17)12-24-19(23)14-8-4-6-10-16(14)26-15-9-5-3-7-13(15)11-20/h3-10H,2,12H2,1H3. The molecule has 2 aromatic carbocycles. The lowest BCUT2D eigenvalue weighted by molar-refractivity contribution is 0.0432. The van der Waals surface area contributed by atoms with Crippen molar-refractivity contribution in [2.24, 2.45) is 0 Å². The number of ether oxygens (including phenoxy) is 1. The lowest BCUT2D eigenvalue weighted by Gasteiger charge is -2.09. The van der Waals surface area contributed by atoms with Crippen LogP contribution in [0.5, 0.6) is 0 Å². The third kappa shape index (κ3) is 4.10. The van der Waals surface area contributed by atoms with E-state index in [-0.39, 0.29) is 12.5 Å². The number of hydrogen-bond acceptors (Lipinski definition) is 7. The highest BCUT2D eigenvalue weighted by molar-refractivity contribution is 7.99. The topological polar surface area (TPSA) is 89.0 Å². The molecular formula is C19H15N3O3S. The molecule has 3 aromatic rings. The van der Waals surface area contributed by atoms with Gasteiger partial charge in [-0.25, -0.2) is 4.79 Å². The van der Waals surface area contributed by atoms with E-state index < -0.39 is 5.97 Å². The molecule has 3 rings (SSSR count). The first-order chi connectivity index (χ1) is 12.7. The fourth-order valence-corrected chi connectivity index (χ4v) is 3.20. The summed E-state index contributed by atoms with van der Waals surface area (Å²) in [5.74, 6) is 0.272. The van der Waals surface area contributed by atoms with Crippen LogP contribution in [0.2, 0.25) is 0 Å². The van der Waals surface area contributed by atoms with Crippen molar-refractivity contribution >= 4 is 17.7 Å². The normalized spacial score (nSPS) is 10.3. The Labute approximate surface area is 154 Å². The summed E-state index contributed by atoms with van der Waals surface area (Å²) in [5.41, 5.74) is 0.971. The average Bonchev–Trinajstić information content (AvgIpc) is 3.15. The Balaban J connectivity index is 1.76. The van der Waals surface area contributed by atoms with Crippen LogP contribution in [0, 0.1) is 11.3 Å². The second-order valence-electron chi connectivity index (χ2n) is 5.23. The van der Waals surface area contributed by atoms with E-state index in [1.165, 1.54) is 11.8 Å². The fourth-order valence-electron chi connectivity index (χ4n) is 2.19. The molecule has 0 N–H and O–H groups in total. The van der Waals surface area contributed by atoms with E-state index in [1.807, 2.05) is 31.2 Å². The minimum atomic E-state index is -0.487. The summed E-state index contributed by atoms with van der Waals surface area (Å²) in [6.07, 6.45) is 0.624. The Morgan fingerprint density at radius 2 is 1.81 bits per heavy atom. The molecule has 0 aliphatic heterocycles. The van der Waals surface area contributed by atoms with Crippen LogP contribution in [0.15, 0.2) is 62.7 Å². The first-order valence-corrected chi connectivity index (χ1v) is 8.77. The van der Waals surface area contributed by atoms with Gasteiger partial charge in [0.25, 0.3) is 5.89 Å². The van der Waals surface area contributed by atoms with Gasteiger partial charge in [-0.1, -0.05) is 43.0 Å². The number of carbonyl (C=O) groups excluding carboxylic acids is 1. The molecule has 6 nitrogen and oxygen atoms in total. The maximum atomic E-state index is 12.5. The summed E-state index contributed by atoms with van der Waals surface area (Å²) in [4.78, 5) is 14.0. The maximum absolute atomic E-state index is 12.5. The molecule has 7 heteroatoms. The number of aryl methyl sites for hydroxylation is 1. The van der Waals surface area contributed by atoms with Crippen LogP contribution in [0.3, 0.4) is 0 Å². The highest BCUT2D eigenvalue weighted by Gasteiger charge is 2.16. The molecule has 0 amide bonds. The number of aromatic nitrogens is 2. The summed E-state index contributed by atoms with van der Waals surface area (Å²) >= 11 is 1.35. The molecule has 0 radical (unpaired) electrons. The van der Waals surface area contributed by atoms with Crippen LogP contribution in [0.4, 0.5) is 0 Å². The zero-order valence-electron chi connectivity index (χ0n) is 14.0. The summed E-state index contributed by atoms with van der Waals surface area (Å²) < 4.78 is 10.6. The van der Waals surface area contributed by atoms with Crippen LogP contribution < -0.4 is 0 Å². The van der Waals surface area contributed by atoms with E-state index in [9.17, 15) is 10.1 Å². The van der Waals surface area contributed by atoms with E-state index >= 15 is 0 Å². The van der Waals surface area contributed by atoms with Crippen molar-refractivity contribution in [2.45, 2.75) is 29.7 Å². The summed E-state index contributed by atoms with van der Waals surface area (Å²) in [5, 5.41) is 16.9. The molecule has 0 aliphatic rings. The van der Waals surface area contributed by atoms with E-state index in [2.05, 4.69) is 16.3 Å². The minimum Gasteiger partial charge on any atom is -0.452 e. The van der Waals surface area contributed by atoms with Crippen molar-refractivity contribution in [2.75, 3.05) is 0 Å². The molecular weight excluding hydrogens is 350 g/mol. The molecule has 0 saturated heterocycles. The van der Waals surface area contributed by atoms with Crippen molar-refractivity contribution in [3.8, 4) is 6.07 Å². The molecule has 0 saturated carbocycles. The smallest absolute Gasteiger partial charge is 0.339 e. The molecule has 0 spiro atoms. The summed E-state index contributed by atoms with van der Waals surface area (Å²) in [6.45, 7) is 1.81. The van der Waals surface area contributed by atoms with Crippen molar-refractivity contribution in [3.63, 3.8) is 0 Å². The van der Waals surface area contributed by atoms with Crippen molar-refractivity contribution < 1.29 is 13.9 Å². The predicted octanol–water partition coefficient (Wildman–Crippen LogP) is 4.01. The minimum absolute atomic E-state index is 0.0837. The first-order valence-electron chi connectivity index (χ1n) is 7.95. The van der Waals surface area contributed by atoms with Crippen LogP contribution in [-0.2, 0) is 17.8 Å². The molecule has 0 bridgehead atoms. The first kappa shape index (κ1) is 17.7. The number of hydrogen-bond donors (Lipinski definition) is 0. The number of rotatable bonds is 6. The Morgan fingerprint density at radius 3 is 2.54 bits per heavy atom. The Kier molecular flexibility index (Phi) is 5.66. The highest BCUT2D eigenvalue weighted by atomic mass is 32.2. The van der Waals surface area contributed by atoms with E-state index in [0.29, 0.717) is 28.3 Å². The summed E-state index contributed by atoms with van der Waals surface area (Å²) in [6, 6.07) is 16.5. The van der Waals surface area contributed by atoms with Crippen molar-refractivity contribution in [1.29, 1.82) is 5.26 Å². The van der Waals surface area contributed by atoms with Gasteiger partial charge in [-0.05, 0) is 24.3 Å². The Bertz CT molecular complexity index is 962. The van der Waals surface area contributed by atoms with E-state index in [0.717, 1.165) is 4.90 Å². The quantitative estimate of drug-likeness (QED) is 0.610. The Hall–Kier alpha value is -3.11. The van der Waals surface area contributed by atoms with Gasteiger partial charge in [-0.2, -0.15) is 5.26 Å². The largest absolute Gasteiger partial charge is 0.452 e. The highest BCUT2D eigenvalue weighted by Crippen LogP contribution is 2.32. The average molecular weight is 365 g/mol. The maximum Gasteiger partial charge on any atom is 0.339 e. The Morgan fingerprint density at radius 1 is 1.12 bits per heavy atom. The zero-order valence-corrected chi connectivity index (χ0v) is 14.8. The molecule has 0 unspecified atom stereocenters. The SMILES string of the molecule is CCc1nnc(COC(=O)c2ccccc2Sc2ccccc2C#N)o1. The number of nitriles is 1.